The second kappa shape index (κ2) is 11.4. The zero-order valence-electron chi connectivity index (χ0n) is 20.6. The second-order valence-electron chi connectivity index (χ2n) is 8.71. The number of benzene rings is 2. The van der Waals surface area contributed by atoms with Crippen molar-refractivity contribution in [3.8, 4) is 5.69 Å². The Bertz CT molecular complexity index is 1400. The molecule has 0 unspecified atom stereocenters. The molecule has 0 aliphatic carbocycles. The highest BCUT2D eigenvalue weighted by Gasteiger charge is 2.30. The first kappa shape index (κ1) is 26.8. The van der Waals surface area contributed by atoms with Crippen LogP contribution in [-0.4, -0.2) is 84.9 Å². The molecule has 0 atom stereocenters. The highest BCUT2D eigenvalue weighted by atomic mass is 32.2. The van der Waals surface area contributed by atoms with Gasteiger partial charge in [0.15, 0.2) is 0 Å². The predicted molar refractivity (Wildman–Crippen MR) is 143 cm³/mol. The van der Waals surface area contributed by atoms with E-state index in [1.54, 1.807) is 6.20 Å². The molecule has 2 aromatic carbocycles. The molecule has 0 saturated carbocycles. The first-order valence-corrected chi connectivity index (χ1v) is 14.1. The fourth-order valence-corrected chi connectivity index (χ4v) is 6.55. The van der Waals surface area contributed by atoms with E-state index >= 15 is 0 Å². The van der Waals surface area contributed by atoms with Crippen molar-refractivity contribution in [1.29, 1.82) is 0 Å². The van der Waals surface area contributed by atoms with Crippen LogP contribution >= 0.6 is 11.8 Å². The number of nitrogens with zero attached hydrogens (tertiary/aromatic N) is 6. The van der Waals surface area contributed by atoms with Gasteiger partial charge in [0.05, 0.1) is 32.3 Å². The maximum atomic E-state index is 13.5. The lowest BCUT2D eigenvalue weighted by molar-refractivity contribution is -0.384. The molecule has 1 aromatic heterocycles. The number of thioether (sulfide) groups is 1. The highest BCUT2D eigenvalue weighted by molar-refractivity contribution is 7.99. The molecule has 1 aliphatic rings. The van der Waals surface area contributed by atoms with E-state index in [4.69, 9.17) is 0 Å². The molecule has 0 radical (unpaired) electrons. The molecule has 2 heterocycles. The van der Waals surface area contributed by atoms with Crippen LogP contribution in [0, 0.1) is 10.1 Å². The maximum absolute atomic E-state index is 13.5. The number of hydrogen-bond acceptors (Lipinski definition) is 9. The van der Waals surface area contributed by atoms with Crippen molar-refractivity contribution < 1.29 is 13.3 Å². The van der Waals surface area contributed by atoms with Gasteiger partial charge in [0.25, 0.3) is 11.2 Å². The summed E-state index contributed by atoms with van der Waals surface area (Å²) in [5.74, 6) is 0.711. The Morgan fingerprint density at radius 3 is 2.27 bits per heavy atom. The van der Waals surface area contributed by atoms with E-state index in [0.717, 1.165) is 6.54 Å². The summed E-state index contributed by atoms with van der Waals surface area (Å²) in [5, 5.41) is 15.3. The van der Waals surface area contributed by atoms with Crippen molar-refractivity contribution in [3.63, 3.8) is 0 Å². The Balaban J connectivity index is 1.56. The number of aromatic nitrogens is 2. The summed E-state index contributed by atoms with van der Waals surface area (Å²) in [7, 11) is 0.143. The molecule has 3 aromatic rings. The average molecular weight is 545 g/mol. The molecule has 0 amide bonds. The Morgan fingerprint density at radius 1 is 1.03 bits per heavy atom. The summed E-state index contributed by atoms with van der Waals surface area (Å²) < 4.78 is 29.0. The minimum Gasteiger partial charge on any atom is -0.367 e. The zero-order chi connectivity index (χ0) is 26.6. The standard InChI is InChI=1S/C24H28N6O5S2/c1-26(2)16-17-36-23-22(18-25-29(24(23)31)19-6-4-3-5-7-19)27-12-14-28(15-13-27)37(34,35)21-10-8-20(9-11-21)30(32)33/h3-11,18H,12-17H2,1-2H3. The van der Waals surface area contributed by atoms with E-state index in [0.29, 0.717) is 35.1 Å². The zero-order valence-corrected chi connectivity index (χ0v) is 22.2. The van der Waals surface area contributed by atoms with Crippen molar-refractivity contribution in [2.24, 2.45) is 0 Å². The number of nitro groups is 1. The van der Waals surface area contributed by atoms with Crippen LogP contribution in [0.5, 0.6) is 0 Å². The molecule has 11 nitrogen and oxygen atoms in total. The summed E-state index contributed by atoms with van der Waals surface area (Å²) >= 11 is 1.47. The third-order valence-electron chi connectivity index (χ3n) is 5.97. The van der Waals surface area contributed by atoms with Gasteiger partial charge < -0.3 is 9.80 Å². The van der Waals surface area contributed by atoms with E-state index in [-0.39, 0.29) is 29.2 Å². The van der Waals surface area contributed by atoms with Crippen LogP contribution in [0.4, 0.5) is 11.4 Å². The van der Waals surface area contributed by atoms with Crippen LogP contribution in [0.3, 0.4) is 0 Å². The molecule has 1 saturated heterocycles. The molecule has 1 aliphatic heterocycles. The molecule has 0 N–H and O–H groups in total. The van der Waals surface area contributed by atoms with Crippen LogP contribution in [0.1, 0.15) is 0 Å². The van der Waals surface area contributed by atoms with Gasteiger partial charge in [-0.25, -0.2) is 8.42 Å². The SMILES string of the molecule is CN(C)CCSc1c(N2CCN(S(=O)(=O)c3ccc([N+](=O)[O-])cc3)CC2)cnn(-c2ccccc2)c1=O. The van der Waals surface area contributed by atoms with Gasteiger partial charge in [-0.3, -0.25) is 14.9 Å². The van der Waals surface area contributed by atoms with Gasteiger partial charge in [0.2, 0.25) is 10.0 Å². The Kier molecular flexibility index (Phi) is 8.27. The molecular weight excluding hydrogens is 516 g/mol. The van der Waals surface area contributed by atoms with E-state index in [1.807, 2.05) is 54.2 Å². The predicted octanol–water partition coefficient (Wildman–Crippen LogP) is 2.31. The summed E-state index contributed by atoms with van der Waals surface area (Å²) in [5.41, 5.74) is 0.982. The van der Waals surface area contributed by atoms with Gasteiger partial charge in [-0.05, 0) is 38.4 Å². The lowest BCUT2D eigenvalue weighted by Crippen LogP contribution is -2.49. The number of sulfonamides is 1. The van der Waals surface area contributed by atoms with Gasteiger partial charge in [0, 0.05) is 50.6 Å². The van der Waals surface area contributed by atoms with Gasteiger partial charge in [0.1, 0.15) is 0 Å². The maximum Gasteiger partial charge on any atom is 0.287 e. The molecule has 13 heteroatoms. The van der Waals surface area contributed by atoms with E-state index in [1.165, 1.54) is 45.0 Å². The molecule has 1 fully saturated rings. The third-order valence-corrected chi connectivity index (χ3v) is 8.94. The van der Waals surface area contributed by atoms with Crippen LogP contribution in [-0.2, 0) is 10.0 Å². The van der Waals surface area contributed by atoms with Crippen LogP contribution in [0.15, 0.2) is 75.4 Å². The Hall–Kier alpha value is -3.26. The smallest absolute Gasteiger partial charge is 0.287 e. The topological polar surface area (TPSA) is 122 Å². The van der Waals surface area contributed by atoms with E-state index < -0.39 is 14.9 Å². The largest absolute Gasteiger partial charge is 0.367 e. The summed E-state index contributed by atoms with van der Waals surface area (Å²) in [6, 6.07) is 14.1. The lowest BCUT2D eigenvalue weighted by atomic mass is 10.3. The first-order chi connectivity index (χ1) is 17.7. The number of hydrogen-bond donors (Lipinski definition) is 0. The molecule has 0 spiro atoms. The van der Waals surface area contributed by atoms with Gasteiger partial charge in [-0.2, -0.15) is 14.1 Å². The molecule has 196 valence electrons. The summed E-state index contributed by atoms with van der Waals surface area (Å²) in [4.78, 5) is 28.4. The average Bonchev–Trinajstić information content (AvgIpc) is 2.90. The molecule has 4 rings (SSSR count). The minimum atomic E-state index is -3.80. The van der Waals surface area contributed by atoms with Crippen molar-refractivity contribution in [2.45, 2.75) is 9.79 Å². The van der Waals surface area contributed by atoms with Crippen LogP contribution in [0.2, 0.25) is 0 Å². The van der Waals surface area contributed by atoms with Crippen LogP contribution in [0.25, 0.3) is 5.69 Å². The van der Waals surface area contributed by atoms with Gasteiger partial charge in [-0.1, -0.05) is 18.2 Å². The van der Waals surface area contributed by atoms with E-state index in [9.17, 15) is 23.3 Å². The number of piperazine rings is 1. The monoisotopic (exact) mass is 544 g/mol. The van der Waals surface area contributed by atoms with Crippen molar-refractivity contribution in [3.05, 3.63) is 81.3 Å². The fraction of sp³-hybridized carbons (Fsp3) is 0.333. The first-order valence-electron chi connectivity index (χ1n) is 11.6. The highest BCUT2D eigenvalue weighted by Crippen LogP contribution is 2.29. The molecule has 37 heavy (non-hydrogen) atoms. The number of para-hydroxylation sites is 1. The summed E-state index contributed by atoms with van der Waals surface area (Å²) in [6.07, 6.45) is 1.67. The lowest BCUT2D eigenvalue weighted by Gasteiger charge is -2.35. The third kappa shape index (κ3) is 6.01. The Morgan fingerprint density at radius 2 is 1.68 bits per heavy atom. The molecule has 0 bridgehead atoms. The number of non-ortho nitro benzene ring substituents is 1. The van der Waals surface area contributed by atoms with Crippen molar-refractivity contribution in [1.82, 2.24) is 19.0 Å². The quantitative estimate of drug-likeness (QED) is 0.227. The second-order valence-corrected chi connectivity index (χ2v) is 11.7. The van der Waals surface area contributed by atoms with E-state index in [2.05, 4.69) is 5.10 Å². The van der Waals surface area contributed by atoms with Gasteiger partial charge >= 0.3 is 0 Å². The molecular formula is C24H28N6O5S2. The normalized spacial score (nSPS) is 14.7. The number of nitro benzene ring substituents is 1. The fourth-order valence-electron chi connectivity index (χ4n) is 3.93. The summed E-state index contributed by atoms with van der Waals surface area (Å²) in [6.45, 7) is 1.97. The minimum absolute atomic E-state index is 0.0126. The Labute approximate surface area is 219 Å². The van der Waals surface area contributed by atoms with Crippen molar-refractivity contribution in [2.75, 3.05) is 57.5 Å². The van der Waals surface area contributed by atoms with Gasteiger partial charge in [-0.15, -0.1) is 11.8 Å². The number of rotatable bonds is 9. The van der Waals surface area contributed by atoms with Crippen LogP contribution < -0.4 is 10.5 Å². The number of anilines is 1. The van der Waals surface area contributed by atoms with Crippen molar-refractivity contribution >= 4 is 33.2 Å².